The van der Waals surface area contributed by atoms with Crippen molar-refractivity contribution in [3.05, 3.63) is 0 Å². The van der Waals surface area contributed by atoms with Gasteiger partial charge in [0.15, 0.2) is 0 Å². The van der Waals surface area contributed by atoms with Crippen molar-refractivity contribution in [3.8, 4) is 0 Å². The van der Waals surface area contributed by atoms with Gasteiger partial charge in [0.2, 0.25) is 5.91 Å². The lowest BCUT2D eigenvalue weighted by atomic mass is 10.1. The SMILES string of the molecule is CCC(C)N(C)C(CN)CC(=O)NC1CC1. The molecule has 0 aromatic rings. The van der Waals surface area contributed by atoms with E-state index in [4.69, 9.17) is 5.73 Å². The molecule has 3 N–H and O–H groups in total. The Hall–Kier alpha value is -0.610. The summed E-state index contributed by atoms with van der Waals surface area (Å²) in [6.45, 7) is 4.86. The van der Waals surface area contributed by atoms with Crippen LogP contribution in [0.5, 0.6) is 0 Å². The minimum absolute atomic E-state index is 0.146. The number of nitrogens with two attached hydrogens (primary N) is 1. The van der Waals surface area contributed by atoms with E-state index in [-0.39, 0.29) is 11.9 Å². The van der Waals surface area contributed by atoms with Crippen molar-refractivity contribution in [2.75, 3.05) is 13.6 Å². The Morgan fingerprint density at radius 3 is 2.62 bits per heavy atom. The van der Waals surface area contributed by atoms with Crippen LogP contribution in [-0.4, -0.2) is 42.5 Å². The van der Waals surface area contributed by atoms with Crippen molar-refractivity contribution in [3.63, 3.8) is 0 Å². The van der Waals surface area contributed by atoms with Crippen molar-refractivity contribution in [1.82, 2.24) is 10.2 Å². The highest BCUT2D eigenvalue weighted by molar-refractivity contribution is 5.77. The maximum atomic E-state index is 11.7. The number of carbonyl (C=O) groups is 1. The zero-order chi connectivity index (χ0) is 12.1. The Kier molecular flexibility index (Phi) is 5.22. The van der Waals surface area contributed by atoms with E-state index >= 15 is 0 Å². The van der Waals surface area contributed by atoms with E-state index in [9.17, 15) is 4.79 Å². The number of nitrogens with zero attached hydrogens (tertiary/aromatic N) is 1. The minimum Gasteiger partial charge on any atom is -0.353 e. The molecule has 94 valence electrons. The number of hydrogen-bond donors (Lipinski definition) is 2. The van der Waals surface area contributed by atoms with Gasteiger partial charge in [-0.1, -0.05) is 6.92 Å². The van der Waals surface area contributed by atoms with E-state index in [0.29, 0.717) is 25.0 Å². The third-order valence-electron chi connectivity index (χ3n) is 3.50. The quantitative estimate of drug-likeness (QED) is 0.673. The second kappa shape index (κ2) is 6.21. The Balaban J connectivity index is 2.36. The van der Waals surface area contributed by atoms with Crippen molar-refractivity contribution >= 4 is 5.91 Å². The lowest BCUT2D eigenvalue weighted by Gasteiger charge is -2.31. The van der Waals surface area contributed by atoms with Gasteiger partial charge in [-0.2, -0.15) is 0 Å². The third-order valence-corrected chi connectivity index (χ3v) is 3.50. The zero-order valence-corrected chi connectivity index (χ0v) is 10.7. The van der Waals surface area contributed by atoms with Crippen LogP contribution in [0.2, 0.25) is 0 Å². The zero-order valence-electron chi connectivity index (χ0n) is 10.7. The summed E-state index contributed by atoms with van der Waals surface area (Å²) >= 11 is 0. The molecule has 4 heteroatoms. The Labute approximate surface area is 98.6 Å². The maximum absolute atomic E-state index is 11.7. The fourth-order valence-electron chi connectivity index (χ4n) is 1.77. The molecule has 1 saturated carbocycles. The van der Waals surface area contributed by atoms with Crippen molar-refractivity contribution in [1.29, 1.82) is 0 Å². The maximum Gasteiger partial charge on any atom is 0.221 e. The topological polar surface area (TPSA) is 58.4 Å². The molecule has 0 heterocycles. The van der Waals surface area contributed by atoms with E-state index in [0.717, 1.165) is 19.3 Å². The fourth-order valence-corrected chi connectivity index (χ4v) is 1.77. The highest BCUT2D eigenvalue weighted by Crippen LogP contribution is 2.19. The van der Waals surface area contributed by atoms with Crippen LogP contribution in [0.4, 0.5) is 0 Å². The largest absolute Gasteiger partial charge is 0.353 e. The molecule has 1 aliphatic rings. The summed E-state index contributed by atoms with van der Waals surface area (Å²) in [6, 6.07) is 1.08. The van der Waals surface area contributed by atoms with Crippen molar-refractivity contribution in [2.45, 2.75) is 57.7 Å². The van der Waals surface area contributed by atoms with Gasteiger partial charge in [-0.3, -0.25) is 9.69 Å². The van der Waals surface area contributed by atoms with Crippen LogP contribution >= 0.6 is 0 Å². The molecule has 0 aromatic heterocycles. The molecular weight excluding hydrogens is 202 g/mol. The molecule has 2 atom stereocenters. The molecule has 0 spiro atoms. The standard InChI is InChI=1S/C12H25N3O/c1-4-9(2)15(3)11(8-13)7-12(16)14-10-5-6-10/h9-11H,4-8,13H2,1-3H3,(H,14,16). The summed E-state index contributed by atoms with van der Waals surface area (Å²) in [4.78, 5) is 13.9. The van der Waals surface area contributed by atoms with Crippen LogP contribution in [0, 0.1) is 0 Å². The molecule has 0 aromatic carbocycles. The molecule has 0 saturated heterocycles. The van der Waals surface area contributed by atoms with Gasteiger partial charge in [0.25, 0.3) is 0 Å². The van der Waals surface area contributed by atoms with Crippen molar-refractivity contribution < 1.29 is 4.79 Å². The van der Waals surface area contributed by atoms with Crippen molar-refractivity contribution in [2.24, 2.45) is 5.73 Å². The monoisotopic (exact) mass is 227 g/mol. The molecule has 1 amide bonds. The molecule has 0 bridgehead atoms. The first-order chi connectivity index (χ1) is 7.58. The average molecular weight is 227 g/mol. The Morgan fingerprint density at radius 2 is 2.19 bits per heavy atom. The lowest BCUT2D eigenvalue weighted by molar-refractivity contribution is -0.122. The smallest absolute Gasteiger partial charge is 0.221 e. The van der Waals surface area contributed by atoms with Gasteiger partial charge in [0, 0.05) is 31.1 Å². The first-order valence-corrected chi connectivity index (χ1v) is 6.29. The minimum atomic E-state index is 0.146. The lowest BCUT2D eigenvalue weighted by Crippen LogP contribution is -2.45. The van der Waals surface area contributed by atoms with E-state index in [1.54, 1.807) is 0 Å². The molecule has 16 heavy (non-hydrogen) atoms. The summed E-state index contributed by atoms with van der Waals surface area (Å²) in [7, 11) is 2.05. The summed E-state index contributed by atoms with van der Waals surface area (Å²) in [5.41, 5.74) is 5.74. The molecule has 0 radical (unpaired) electrons. The third kappa shape index (κ3) is 4.10. The molecule has 4 nitrogen and oxygen atoms in total. The fraction of sp³-hybridized carbons (Fsp3) is 0.917. The summed E-state index contributed by atoms with van der Waals surface area (Å²) in [5.74, 6) is 0.146. The molecule has 0 aliphatic heterocycles. The molecule has 1 fully saturated rings. The van der Waals surface area contributed by atoms with E-state index in [2.05, 4.69) is 31.1 Å². The molecular formula is C12H25N3O. The Morgan fingerprint density at radius 1 is 1.56 bits per heavy atom. The number of likely N-dealkylation sites (N-methyl/N-ethyl adjacent to an activating group) is 1. The van der Waals surface area contributed by atoms with Crippen LogP contribution in [0.15, 0.2) is 0 Å². The second-order valence-electron chi connectivity index (χ2n) is 4.86. The van der Waals surface area contributed by atoms with Gasteiger partial charge in [-0.05, 0) is 33.2 Å². The van der Waals surface area contributed by atoms with E-state index in [1.807, 2.05) is 0 Å². The summed E-state index contributed by atoms with van der Waals surface area (Å²) in [5, 5.41) is 3.01. The first kappa shape index (κ1) is 13.5. The van der Waals surface area contributed by atoms with Crippen LogP contribution in [0.25, 0.3) is 0 Å². The van der Waals surface area contributed by atoms with Crippen LogP contribution in [0.3, 0.4) is 0 Å². The van der Waals surface area contributed by atoms with Gasteiger partial charge in [-0.15, -0.1) is 0 Å². The number of carbonyl (C=O) groups excluding carboxylic acids is 1. The van der Waals surface area contributed by atoms with Gasteiger partial charge in [0.05, 0.1) is 0 Å². The van der Waals surface area contributed by atoms with Crippen LogP contribution in [0.1, 0.15) is 39.5 Å². The molecule has 1 aliphatic carbocycles. The van der Waals surface area contributed by atoms with Gasteiger partial charge >= 0.3 is 0 Å². The van der Waals surface area contributed by atoms with Gasteiger partial charge in [-0.25, -0.2) is 0 Å². The normalized spacial score (nSPS) is 19.6. The highest BCUT2D eigenvalue weighted by atomic mass is 16.1. The number of hydrogen-bond acceptors (Lipinski definition) is 3. The summed E-state index contributed by atoms with van der Waals surface area (Å²) in [6.07, 6.45) is 3.88. The van der Waals surface area contributed by atoms with E-state index in [1.165, 1.54) is 0 Å². The van der Waals surface area contributed by atoms with E-state index < -0.39 is 0 Å². The highest BCUT2D eigenvalue weighted by Gasteiger charge is 2.26. The summed E-state index contributed by atoms with van der Waals surface area (Å²) < 4.78 is 0. The first-order valence-electron chi connectivity index (χ1n) is 6.29. The predicted molar refractivity (Wildman–Crippen MR) is 66.1 cm³/mol. The second-order valence-corrected chi connectivity index (χ2v) is 4.86. The number of rotatable bonds is 7. The van der Waals surface area contributed by atoms with Gasteiger partial charge < -0.3 is 11.1 Å². The Bertz CT molecular complexity index is 228. The molecule has 1 rings (SSSR count). The molecule has 2 unspecified atom stereocenters. The predicted octanol–water partition coefficient (Wildman–Crippen LogP) is 0.713. The van der Waals surface area contributed by atoms with Crippen LogP contribution < -0.4 is 11.1 Å². The van der Waals surface area contributed by atoms with Crippen LogP contribution in [-0.2, 0) is 4.79 Å². The van der Waals surface area contributed by atoms with Gasteiger partial charge in [0.1, 0.15) is 0 Å². The average Bonchev–Trinajstić information content (AvgIpc) is 3.07. The number of amides is 1. The number of nitrogens with one attached hydrogen (secondary N) is 1.